The molecule has 0 saturated heterocycles. The Bertz CT molecular complexity index is 244. The Morgan fingerprint density at radius 2 is 2.42 bits per heavy atom. The van der Waals surface area contributed by atoms with Crippen LogP contribution in [-0.4, -0.2) is 23.3 Å². The van der Waals surface area contributed by atoms with E-state index in [-0.39, 0.29) is 0 Å². The fourth-order valence-corrected chi connectivity index (χ4v) is 1.12. The average molecular weight is 169 g/mol. The number of methoxy groups -OCH3 is 1. The monoisotopic (exact) mass is 169 g/mol. The summed E-state index contributed by atoms with van der Waals surface area (Å²) in [4.78, 5) is 4.09. The second kappa shape index (κ2) is 4.11. The molecule has 0 atom stereocenters. The standard InChI is InChI=1S/C8H15N3O/c1-7-6-11(8(9)10-7)4-3-5-12-2/h6H,3-5H2,1-2H3,(H2,9,10). The molecule has 1 aromatic heterocycles. The molecule has 1 aromatic rings. The number of aromatic nitrogens is 2. The van der Waals surface area contributed by atoms with E-state index in [1.165, 1.54) is 0 Å². The van der Waals surface area contributed by atoms with Gasteiger partial charge in [0.1, 0.15) is 0 Å². The van der Waals surface area contributed by atoms with Crippen LogP contribution >= 0.6 is 0 Å². The summed E-state index contributed by atoms with van der Waals surface area (Å²) >= 11 is 0. The lowest BCUT2D eigenvalue weighted by atomic mass is 10.4. The fourth-order valence-electron chi connectivity index (χ4n) is 1.12. The Morgan fingerprint density at radius 1 is 1.67 bits per heavy atom. The Balaban J connectivity index is 2.45. The van der Waals surface area contributed by atoms with Gasteiger partial charge >= 0.3 is 0 Å². The second-order valence-electron chi connectivity index (χ2n) is 2.78. The third-order valence-corrected chi connectivity index (χ3v) is 1.68. The zero-order valence-corrected chi connectivity index (χ0v) is 7.58. The number of rotatable bonds is 4. The summed E-state index contributed by atoms with van der Waals surface area (Å²) in [5, 5.41) is 0. The molecule has 0 spiro atoms. The predicted octanol–water partition coefficient (Wildman–Crippen LogP) is 0.810. The van der Waals surface area contributed by atoms with Gasteiger partial charge in [0.2, 0.25) is 0 Å². The smallest absolute Gasteiger partial charge is 0.200 e. The van der Waals surface area contributed by atoms with Crippen LogP contribution in [0.15, 0.2) is 6.20 Å². The first kappa shape index (κ1) is 9.06. The van der Waals surface area contributed by atoms with Crippen molar-refractivity contribution in [2.24, 2.45) is 0 Å². The topological polar surface area (TPSA) is 53.1 Å². The summed E-state index contributed by atoms with van der Waals surface area (Å²) < 4.78 is 6.87. The van der Waals surface area contributed by atoms with Crippen LogP contribution in [0.2, 0.25) is 0 Å². The molecular weight excluding hydrogens is 154 g/mol. The van der Waals surface area contributed by atoms with E-state index >= 15 is 0 Å². The zero-order valence-electron chi connectivity index (χ0n) is 7.58. The van der Waals surface area contributed by atoms with Crippen LogP contribution in [0.1, 0.15) is 12.1 Å². The van der Waals surface area contributed by atoms with Crippen molar-refractivity contribution in [1.82, 2.24) is 9.55 Å². The summed E-state index contributed by atoms with van der Waals surface area (Å²) in [5.74, 6) is 0.587. The largest absolute Gasteiger partial charge is 0.385 e. The van der Waals surface area contributed by atoms with Gasteiger partial charge in [0.15, 0.2) is 5.95 Å². The zero-order chi connectivity index (χ0) is 8.97. The molecular formula is C8H15N3O. The number of aryl methyl sites for hydroxylation is 2. The minimum atomic E-state index is 0.587. The molecule has 0 aliphatic rings. The first-order valence-electron chi connectivity index (χ1n) is 4.02. The van der Waals surface area contributed by atoms with Gasteiger partial charge in [0, 0.05) is 26.5 Å². The molecule has 68 valence electrons. The van der Waals surface area contributed by atoms with Crippen LogP contribution in [0.4, 0.5) is 5.95 Å². The SMILES string of the molecule is COCCCn1cc(C)nc1N. The van der Waals surface area contributed by atoms with Gasteiger partial charge in [-0.25, -0.2) is 4.98 Å². The summed E-state index contributed by atoms with van der Waals surface area (Å²) in [7, 11) is 1.70. The van der Waals surface area contributed by atoms with Gasteiger partial charge < -0.3 is 15.0 Å². The highest BCUT2D eigenvalue weighted by atomic mass is 16.5. The Hall–Kier alpha value is -1.03. The normalized spacial score (nSPS) is 10.5. The highest BCUT2D eigenvalue weighted by Gasteiger charge is 1.99. The van der Waals surface area contributed by atoms with Gasteiger partial charge in [-0.1, -0.05) is 0 Å². The molecule has 2 N–H and O–H groups in total. The van der Waals surface area contributed by atoms with E-state index in [1.807, 2.05) is 17.7 Å². The lowest BCUT2D eigenvalue weighted by Crippen LogP contribution is -2.04. The molecule has 0 amide bonds. The van der Waals surface area contributed by atoms with Crippen molar-refractivity contribution in [3.8, 4) is 0 Å². The average Bonchev–Trinajstić information content (AvgIpc) is 2.31. The minimum absolute atomic E-state index is 0.587. The molecule has 0 bridgehead atoms. The lowest BCUT2D eigenvalue weighted by molar-refractivity contribution is 0.190. The first-order valence-corrected chi connectivity index (χ1v) is 4.02. The van der Waals surface area contributed by atoms with Gasteiger partial charge in [-0.3, -0.25) is 0 Å². The van der Waals surface area contributed by atoms with E-state index in [0.717, 1.165) is 25.3 Å². The molecule has 0 aliphatic carbocycles. The van der Waals surface area contributed by atoms with Gasteiger partial charge in [-0.05, 0) is 13.3 Å². The third-order valence-electron chi connectivity index (χ3n) is 1.68. The van der Waals surface area contributed by atoms with Crippen molar-refractivity contribution in [2.45, 2.75) is 19.9 Å². The first-order chi connectivity index (χ1) is 5.74. The van der Waals surface area contributed by atoms with Gasteiger partial charge in [0.25, 0.3) is 0 Å². The van der Waals surface area contributed by atoms with Crippen LogP contribution in [-0.2, 0) is 11.3 Å². The Morgan fingerprint density at radius 3 is 2.92 bits per heavy atom. The van der Waals surface area contributed by atoms with E-state index in [2.05, 4.69) is 4.98 Å². The maximum absolute atomic E-state index is 5.63. The van der Waals surface area contributed by atoms with E-state index < -0.39 is 0 Å². The van der Waals surface area contributed by atoms with Crippen LogP contribution in [0, 0.1) is 6.92 Å². The van der Waals surface area contributed by atoms with E-state index in [1.54, 1.807) is 7.11 Å². The van der Waals surface area contributed by atoms with Gasteiger partial charge in [-0.15, -0.1) is 0 Å². The number of nitrogens with two attached hydrogens (primary N) is 1. The van der Waals surface area contributed by atoms with Crippen LogP contribution in [0.5, 0.6) is 0 Å². The Labute approximate surface area is 72.3 Å². The lowest BCUT2D eigenvalue weighted by Gasteiger charge is -2.02. The van der Waals surface area contributed by atoms with Crippen molar-refractivity contribution in [3.05, 3.63) is 11.9 Å². The molecule has 1 heterocycles. The third kappa shape index (κ3) is 2.23. The van der Waals surface area contributed by atoms with Crippen molar-refractivity contribution in [3.63, 3.8) is 0 Å². The molecule has 0 radical (unpaired) electrons. The summed E-state index contributed by atoms with van der Waals surface area (Å²) in [6.07, 6.45) is 2.92. The maximum atomic E-state index is 5.63. The quantitative estimate of drug-likeness (QED) is 0.678. The second-order valence-corrected chi connectivity index (χ2v) is 2.78. The van der Waals surface area contributed by atoms with Crippen molar-refractivity contribution in [2.75, 3.05) is 19.5 Å². The van der Waals surface area contributed by atoms with E-state index in [4.69, 9.17) is 10.5 Å². The van der Waals surface area contributed by atoms with Crippen LogP contribution < -0.4 is 5.73 Å². The minimum Gasteiger partial charge on any atom is -0.385 e. The summed E-state index contributed by atoms with van der Waals surface area (Å²) in [6.45, 7) is 3.57. The maximum Gasteiger partial charge on any atom is 0.200 e. The highest BCUT2D eigenvalue weighted by molar-refractivity contribution is 5.20. The van der Waals surface area contributed by atoms with Gasteiger partial charge in [-0.2, -0.15) is 0 Å². The summed E-state index contributed by atoms with van der Waals surface area (Å²) in [6, 6.07) is 0. The Kier molecular flexibility index (Phi) is 3.10. The van der Waals surface area contributed by atoms with Crippen LogP contribution in [0.3, 0.4) is 0 Å². The molecule has 1 rings (SSSR count). The van der Waals surface area contributed by atoms with Crippen LogP contribution in [0.25, 0.3) is 0 Å². The molecule has 0 aliphatic heterocycles. The molecule has 0 unspecified atom stereocenters. The number of nitrogens with zero attached hydrogens (tertiary/aromatic N) is 2. The van der Waals surface area contributed by atoms with Crippen molar-refractivity contribution < 1.29 is 4.74 Å². The number of imidazole rings is 1. The highest BCUT2D eigenvalue weighted by Crippen LogP contribution is 2.04. The molecule has 12 heavy (non-hydrogen) atoms. The number of hydrogen-bond acceptors (Lipinski definition) is 3. The van der Waals surface area contributed by atoms with E-state index in [0.29, 0.717) is 5.95 Å². The van der Waals surface area contributed by atoms with Crippen molar-refractivity contribution in [1.29, 1.82) is 0 Å². The molecule has 0 aromatic carbocycles. The summed E-state index contributed by atoms with van der Waals surface area (Å²) in [5.41, 5.74) is 6.60. The predicted molar refractivity (Wildman–Crippen MR) is 47.9 cm³/mol. The number of ether oxygens (including phenoxy) is 1. The molecule has 4 nitrogen and oxygen atoms in total. The number of hydrogen-bond donors (Lipinski definition) is 1. The molecule has 0 fully saturated rings. The fraction of sp³-hybridized carbons (Fsp3) is 0.625. The molecule has 0 saturated carbocycles. The number of anilines is 1. The van der Waals surface area contributed by atoms with Crippen molar-refractivity contribution >= 4 is 5.95 Å². The number of nitrogen functional groups attached to an aromatic ring is 1. The molecule has 4 heteroatoms. The van der Waals surface area contributed by atoms with E-state index in [9.17, 15) is 0 Å². The van der Waals surface area contributed by atoms with Gasteiger partial charge in [0.05, 0.1) is 5.69 Å².